The van der Waals surface area contributed by atoms with Crippen LogP contribution in [0.5, 0.6) is 0 Å². The highest BCUT2D eigenvalue weighted by Crippen LogP contribution is 2.15. The lowest BCUT2D eigenvalue weighted by atomic mass is 9.98. The van der Waals surface area contributed by atoms with Gasteiger partial charge in [-0.15, -0.1) is 5.10 Å². The zero-order valence-corrected chi connectivity index (χ0v) is 10.3. The number of hydrogen-bond acceptors (Lipinski definition) is 1. The zero-order chi connectivity index (χ0) is 12.3. The monoisotopic (exact) mass is 219 g/mol. The Bertz CT molecular complexity index is 454. The van der Waals surface area contributed by atoms with Crippen molar-refractivity contribution >= 4 is 11.7 Å². The van der Waals surface area contributed by atoms with Crippen molar-refractivity contribution < 1.29 is 5.10 Å². The Kier molecular flexibility index (Phi) is 3.66. The van der Waals surface area contributed by atoms with Crippen molar-refractivity contribution in [2.75, 3.05) is 0 Å². The van der Waals surface area contributed by atoms with Gasteiger partial charge in [-0.05, 0) is 50.5 Å². The van der Waals surface area contributed by atoms with Crippen molar-refractivity contribution in [2.45, 2.75) is 27.7 Å². The highest BCUT2D eigenvalue weighted by molar-refractivity contribution is 5.99. The second-order valence-electron chi connectivity index (χ2n) is 4.02. The lowest BCUT2D eigenvalue weighted by Gasteiger charge is -2.08. The summed E-state index contributed by atoms with van der Waals surface area (Å²) in [5.41, 5.74) is 16.3. The first-order chi connectivity index (χ1) is 7.41. The van der Waals surface area contributed by atoms with E-state index in [-0.39, 0.29) is 5.96 Å². The Morgan fingerprint density at radius 3 is 2.19 bits per heavy atom. The second-order valence-corrected chi connectivity index (χ2v) is 4.02. The molecule has 16 heavy (non-hydrogen) atoms. The summed E-state index contributed by atoms with van der Waals surface area (Å²) >= 11 is 0. The number of benzene rings is 1. The van der Waals surface area contributed by atoms with Crippen LogP contribution in [0.4, 0.5) is 0 Å². The van der Waals surface area contributed by atoms with Crippen molar-refractivity contribution in [3.8, 4) is 0 Å². The van der Waals surface area contributed by atoms with Crippen LogP contribution in [0, 0.1) is 20.8 Å². The summed E-state index contributed by atoms with van der Waals surface area (Å²) in [5, 5.41) is 6.67. The minimum absolute atomic E-state index is 0.0980. The summed E-state index contributed by atoms with van der Waals surface area (Å²) in [4.78, 5) is 0. The number of guanidine groups is 1. The maximum Gasteiger partial charge on any atom is 0.362 e. The third-order valence-electron chi connectivity index (χ3n) is 2.58. The average molecular weight is 219 g/mol. The molecule has 4 heteroatoms. The summed E-state index contributed by atoms with van der Waals surface area (Å²) in [6, 6.07) is 4.27. The summed E-state index contributed by atoms with van der Waals surface area (Å²) in [6.45, 7) is 8.17. The Morgan fingerprint density at radius 2 is 1.62 bits per heavy atom. The predicted molar refractivity (Wildman–Crippen MR) is 67.2 cm³/mol. The molecular weight excluding hydrogens is 200 g/mol. The standard InChI is InChI=1S/C12H18N4/c1-7-5-9(3)11(6-8(7)2)10(4)15-16-12(13)14/h5-6H,1-4H3,(H4,13,14,16)/p+1/b15-10-. The fraction of sp³-hybridized carbons (Fsp3) is 0.333. The first-order valence-electron chi connectivity index (χ1n) is 5.18. The van der Waals surface area contributed by atoms with Crippen molar-refractivity contribution in [3.63, 3.8) is 0 Å². The minimum atomic E-state index is 0.0980. The molecule has 1 aromatic carbocycles. The third kappa shape index (κ3) is 2.82. The van der Waals surface area contributed by atoms with Gasteiger partial charge in [0.2, 0.25) is 0 Å². The van der Waals surface area contributed by atoms with Gasteiger partial charge in [0.1, 0.15) is 0 Å². The van der Waals surface area contributed by atoms with Crippen LogP contribution in [-0.2, 0) is 0 Å². The van der Waals surface area contributed by atoms with E-state index < -0.39 is 0 Å². The van der Waals surface area contributed by atoms with Crippen LogP contribution in [0.15, 0.2) is 17.2 Å². The van der Waals surface area contributed by atoms with Gasteiger partial charge in [0, 0.05) is 5.56 Å². The van der Waals surface area contributed by atoms with E-state index >= 15 is 0 Å². The summed E-state index contributed by atoms with van der Waals surface area (Å²) in [5.74, 6) is 0.0980. The molecule has 5 N–H and O–H groups in total. The molecule has 1 rings (SSSR count). The predicted octanol–water partition coefficient (Wildman–Crippen LogP) is -0.310. The molecule has 0 fully saturated rings. The van der Waals surface area contributed by atoms with Gasteiger partial charge in [0.05, 0.1) is 5.71 Å². The van der Waals surface area contributed by atoms with Crippen molar-refractivity contribution in [3.05, 3.63) is 34.4 Å². The number of nitrogens with zero attached hydrogens (tertiary/aromatic N) is 1. The van der Waals surface area contributed by atoms with Gasteiger partial charge in [-0.1, -0.05) is 6.07 Å². The van der Waals surface area contributed by atoms with E-state index in [4.69, 9.17) is 11.5 Å². The summed E-state index contributed by atoms with van der Waals surface area (Å²) in [6.07, 6.45) is 0. The van der Waals surface area contributed by atoms with Crippen LogP contribution in [0.2, 0.25) is 0 Å². The Hall–Kier alpha value is -1.84. The van der Waals surface area contributed by atoms with E-state index in [1.54, 1.807) is 0 Å². The Balaban J connectivity index is 3.19. The lowest BCUT2D eigenvalue weighted by Crippen LogP contribution is -2.72. The number of nitrogens with one attached hydrogen (secondary N) is 1. The molecule has 0 heterocycles. The molecule has 0 aromatic heterocycles. The van der Waals surface area contributed by atoms with Crippen LogP contribution in [0.3, 0.4) is 0 Å². The van der Waals surface area contributed by atoms with Crippen molar-refractivity contribution in [1.29, 1.82) is 0 Å². The highest BCUT2D eigenvalue weighted by Gasteiger charge is 2.05. The van der Waals surface area contributed by atoms with Crippen molar-refractivity contribution in [2.24, 2.45) is 16.6 Å². The van der Waals surface area contributed by atoms with Gasteiger partial charge in [0.15, 0.2) is 0 Å². The quantitative estimate of drug-likeness (QED) is 0.362. The number of hydrazone groups is 1. The smallest absolute Gasteiger partial charge is 0.289 e. The molecule has 0 aliphatic carbocycles. The van der Waals surface area contributed by atoms with E-state index in [0.717, 1.165) is 11.3 Å². The molecule has 4 nitrogen and oxygen atoms in total. The molecule has 0 spiro atoms. The molecule has 0 radical (unpaired) electrons. The van der Waals surface area contributed by atoms with Crippen molar-refractivity contribution in [1.82, 2.24) is 0 Å². The van der Waals surface area contributed by atoms with E-state index in [1.165, 1.54) is 16.7 Å². The number of aryl methyl sites for hydroxylation is 3. The topological polar surface area (TPSA) is 78.4 Å². The average Bonchev–Trinajstić information content (AvgIpc) is 2.20. The molecule has 0 bridgehead atoms. The molecule has 0 atom stereocenters. The Labute approximate surface area is 96.1 Å². The van der Waals surface area contributed by atoms with Gasteiger partial charge in [-0.25, -0.2) is 0 Å². The second kappa shape index (κ2) is 4.79. The van der Waals surface area contributed by atoms with Crippen LogP contribution in [-0.4, -0.2) is 11.7 Å². The molecule has 0 aliphatic rings. The summed E-state index contributed by atoms with van der Waals surface area (Å²) in [7, 11) is 0. The van der Waals surface area contributed by atoms with E-state index in [2.05, 4.69) is 43.1 Å². The normalized spacial score (nSPS) is 11.4. The fourth-order valence-electron chi connectivity index (χ4n) is 1.56. The van der Waals surface area contributed by atoms with Crippen LogP contribution in [0.25, 0.3) is 0 Å². The van der Waals surface area contributed by atoms with E-state index in [9.17, 15) is 0 Å². The zero-order valence-electron chi connectivity index (χ0n) is 10.3. The van der Waals surface area contributed by atoms with Gasteiger partial charge in [0.25, 0.3) is 0 Å². The van der Waals surface area contributed by atoms with Crippen LogP contribution >= 0.6 is 0 Å². The lowest BCUT2D eigenvalue weighted by molar-refractivity contribution is -0.464. The van der Waals surface area contributed by atoms with Crippen LogP contribution in [0.1, 0.15) is 29.2 Å². The number of hydrogen-bond donors (Lipinski definition) is 3. The summed E-state index contributed by atoms with van der Waals surface area (Å²) < 4.78 is 0. The SMILES string of the molecule is C/C(=N/[NH+]=C(N)N)c1cc(C)c(C)cc1C. The molecule has 86 valence electrons. The van der Waals surface area contributed by atoms with Gasteiger partial charge < -0.3 is 0 Å². The minimum Gasteiger partial charge on any atom is -0.289 e. The highest BCUT2D eigenvalue weighted by atomic mass is 15.3. The molecular formula is C12H19N4+. The molecule has 0 saturated carbocycles. The van der Waals surface area contributed by atoms with Gasteiger partial charge in [-0.2, -0.15) is 5.10 Å². The van der Waals surface area contributed by atoms with E-state index in [0.29, 0.717) is 0 Å². The molecule has 0 amide bonds. The molecule has 0 aliphatic heterocycles. The molecule has 0 saturated heterocycles. The first-order valence-corrected chi connectivity index (χ1v) is 5.18. The van der Waals surface area contributed by atoms with Crippen LogP contribution < -0.4 is 16.6 Å². The largest absolute Gasteiger partial charge is 0.362 e. The fourth-order valence-corrected chi connectivity index (χ4v) is 1.56. The number of nitrogens with two attached hydrogens (primary N) is 2. The maximum atomic E-state index is 5.29. The maximum absolute atomic E-state index is 5.29. The third-order valence-corrected chi connectivity index (χ3v) is 2.58. The molecule has 1 aromatic rings. The first kappa shape index (κ1) is 12.2. The van der Waals surface area contributed by atoms with Gasteiger partial charge >= 0.3 is 5.96 Å². The number of rotatable bonds is 2. The molecule has 0 unspecified atom stereocenters. The van der Waals surface area contributed by atoms with Gasteiger partial charge in [-0.3, -0.25) is 11.5 Å². The van der Waals surface area contributed by atoms with E-state index in [1.807, 2.05) is 6.92 Å². The Morgan fingerprint density at radius 1 is 1.06 bits per heavy atom.